The molecule has 1 aliphatic heterocycles. The lowest BCUT2D eigenvalue weighted by molar-refractivity contribution is -0.139. The van der Waals surface area contributed by atoms with Gasteiger partial charge in [0.25, 0.3) is 0 Å². The molecule has 0 aromatic rings. The molecule has 0 aromatic carbocycles. The van der Waals surface area contributed by atoms with E-state index in [0.717, 1.165) is 11.8 Å². The van der Waals surface area contributed by atoms with E-state index >= 15 is 0 Å². The maximum atomic E-state index is 9.70. The van der Waals surface area contributed by atoms with Gasteiger partial charge in [-0.05, 0) is 13.8 Å². The third-order valence-electron chi connectivity index (χ3n) is 2.27. The van der Waals surface area contributed by atoms with Crippen LogP contribution in [-0.4, -0.2) is 62.1 Å². The SMILES string of the molecule is CC(C)O[C@H]1C(O)S[C@H](CO)[C@H](O)[C@@H]1O. The van der Waals surface area contributed by atoms with Gasteiger partial charge in [0, 0.05) is 0 Å². The molecule has 1 fully saturated rings. The third kappa shape index (κ3) is 3.05. The summed E-state index contributed by atoms with van der Waals surface area (Å²) in [5, 5.41) is 37.3. The summed E-state index contributed by atoms with van der Waals surface area (Å²) in [4.78, 5) is 0. The Morgan fingerprint density at radius 1 is 1.20 bits per heavy atom. The van der Waals surface area contributed by atoms with Crippen LogP contribution in [0.1, 0.15) is 13.8 Å². The van der Waals surface area contributed by atoms with Gasteiger partial charge in [-0.2, -0.15) is 0 Å². The maximum Gasteiger partial charge on any atom is 0.129 e. The smallest absolute Gasteiger partial charge is 0.129 e. The minimum absolute atomic E-state index is 0.141. The van der Waals surface area contributed by atoms with Crippen molar-refractivity contribution >= 4 is 11.8 Å². The Morgan fingerprint density at radius 3 is 2.27 bits per heavy atom. The molecule has 1 rings (SSSR count). The quantitative estimate of drug-likeness (QED) is 0.500. The number of ether oxygens (including phenoxy) is 1. The second kappa shape index (κ2) is 5.47. The van der Waals surface area contributed by atoms with E-state index in [4.69, 9.17) is 9.84 Å². The number of hydrogen-bond donors (Lipinski definition) is 4. The third-order valence-corrected chi connectivity index (χ3v) is 3.60. The van der Waals surface area contributed by atoms with E-state index in [2.05, 4.69) is 0 Å². The van der Waals surface area contributed by atoms with Crippen LogP contribution < -0.4 is 0 Å². The van der Waals surface area contributed by atoms with Gasteiger partial charge >= 0.3 is 0 Å². The van der Waals surface area contributed by atoms with E-state index in [1.807, 2.05) is 0 Å². The van der Waals surface area contributed by atoms with Gasteiger partial charge in [0.2, 0.25) is 0 Å². The minimum atomic E-state index is -1.17. The molecule has 0 aromatic heterocycles. The highest BCUT2D eigenvalue weighted by atomic mass is 32.2. The summed E-state index contributed by atoms with van der Waals surface area (Å²) >= 11 is 1.02. The lowest BCUT2D eigenvalue weighted by Crippen LogP contribution is -2.55. The zero-order valence-electron chi connectivity index (χ0n) is 8.78. The summed E-state index contributed by atoms with van der Waals surface area (Å²) in [5.74, 6) is 0. The fourth-order valence-electron chi connectivity index (χ4n) is 1.53. The predicted molar refractivity (Wildman–Crippen MR) is 56.5 cm³/mol. The average Bonchev–Trinajstić information content (AvgIpc) is 2.18. The molecule has 6 heteroatoms. The van der Waals surface area contributed by atoms with Crippen LogP contribution in [0.3, 0.4) is 0 Å². The Kier molecular flexibility index (Phi) is 4.82. The Bertz CT molecular complexity index is 201. The highest BCUT2D eigenvalue weighted by Crippen LogP contribution is 2.33. The highest BCUT2D eigenvalue weighted by Gasteiger charge is 2.44. The molecule has 0 spiro atoms. The molecule has 0 bridgehead atoms. The zero-order valence-corrected chi connectivity index (χ0v) is 9.59. The van der Waals surface area contributed by atoms with Gasteiger partial charge in [0.15, 0.2) is 0 Å². The Balaban J connectivity index is 2.66. The van der Waals surface area contributed by atoms with Gasteiger partial charge < -0.3 is 25.2 Å². The maximum absolute atomic E-state index is 9.70. The summed E-state index contributed by atoms with van der Waals surface area (Å²) in [6, 6.07) is 0. The van der Waals surface area contributed by atoms with Crippen molar-refractivity contribution < 1.29 is 25.2 Å². The summed E-state index contributed by atoms with van der Waals surface area (Å²) < 4.78 is 5.32. The van der Waals surface area contributed by atoms with Crippen LogP contribution in [0.5, 0.6) is 0 Å². The topological polar surface area (TPSA) is 90.2 Å². The number of aliphatic hydroxyl groups is 4. The number of hydrogen-bond acceptors (Lipinski definition) is 6. The van der Waals surface area contributed by atoms with Crippen LogP contribution in [0.4, 0.5) is 0 Å². The molecule has 1 aliphatic rings. The van der Waals surface area contributed by atoms with Crippen molar-refractivity contribution in [1.82, 2.24) is 0 Å². The Labute approximate surface area is 93.1 Å². The molecule has 90 valence electrons. The van der Waals surface area contributed by atoms with Gasteiger partial charge in [-0.3, -0.25) is 0 Å². The first-order chi connectivity index (χ1) is 6.97. The van der Waals surface area contributed by atoms with Crippen molar-refractivity contribution in [2.45, 2.75) is 48.9 Å². The number of thioether (sulfide) groups is 1. The molecule has 5 nitrogen and oxygen atoms in total. The van der Waals surface area contributed by atoms with E-state index in [-0.39, 0.29) is 12.7 Å². The normalized spacial score (nSPS) is 42.2. The van der Waals surface area contributed by atoms with E-state index < -0.39 is 29.0 Å². The molecule has 4 N–H and O–H groups in total. The van der Waals surface area contributed by atoms with Crippen molar-refractivity contribution in [3.63, 3.8) is 0 Å². The largest absolute Gasteiger partial charge is 0.395 e. The summed E-state index contributed by atoms with van der Waals surface area (Å²) in [5.41, 5.74) is -0.928. The average molecular weight is 238 g/mol. The van der Waals surface area contributed by atoms with Crippen LogP contribution in [0.15, 0.2) is 0 Å². The second-order valence-corrected chi connectivity index (χ2v) is 5.24. The van der Waals surface area contributed by atoms with Gasteiger partial charge in [-0.15, -0.1) is 11.8 Å². The summed E-state index contributed by atoms with van der Waals surface area (Å²) in [6.07, 6.45) is -3.20. The molecule has 1 unspecified atom stereocenters. The Morgan fingerprint density at radius 2 is 1.80 bits per heavy atom. The first kappa shape index (κ1) is 13.2. The van der Waals surface area contributed by atoms with E-state index in [1.165, 1.54) is 0 Å². The van der Waals surface area contributed by atoms with Crippen LogP contribution in [0.2, 0.25) is 0 Å². The van der Waals surface area contributed by atoms with Crippen LogP contribution in [-0.2, 0) is 4.74 Å². The van der Waals surface area contributed by atoms with E-state index in [0.29, 0.717) is 0 Å². The number of rotatable bonds is 3. The first-order valence-electron chi connectivity index (χ1n) is 4.93. The summed E-state index contributed by atoms with van der Waals surface area (Å²) in [7, 11) is 0. The minimum Gasteiger partial charge on any atom is -0.395 e. The molecular formula is C9H18O5S. The molecule has 0 saturated carbocycles. The van der Waals surface area contributed by atoms with Gasteiger partial charge in [0.05, 0.1) is 24.1 Å². The van der Waals surface area contributed by atoms with Crippen LogP contribution in [0.25, 0.3) is 0 Å². The molecule has 5 atom stereocenters. The lowest BCUT2D eigenvalue weighted by atomic mass is 10.0. The fraction of sp³-hybridized carbons (Fsp3) is 1.00. The van der Waals surface area contributed by atoms with Crippen molar-refractivity contribution in [3.05, 3.63) is 0 Å². The highest BCUT2D eigenvalue weighted by molar-refractivity contribution is 8.00. The lowest BCUT2D eigenvalue weighted by Gasteiger charge is -2.40. The fourth-order valence-corrected chi connectivity index (χ4v) is 2.68. The molecule has 0 radical (unpaired) electrons. The van der Waals surface area contributed by atoms with Gasteiger partial charge in [0.1, 0.15) is 17.6 Å². The standard InChI is InChI=1S/C9H18O5S/c1-4(2)14-8-7(12)6(11)5(3-10)15-9(8)13/h4-13H,3H2,1-2H3/t5-,6+,7+,8-,9?/m1/s1. The van der Waals surface area contributed by atoms with E-state index in [1.54, 1.807) is 13.8 Å². The van der Waals surface area contributed by atoms with E-state index in [9.17, 15) is 15.3 Å². The first-order valence-corrected chi connectivity index (χ1v) is 5.87. The molecule has 0 amide bonds. The zero-order chi connectivity index (χ0) is 11.6. The summed E-state index contributed by atoms with van der Waals surface area (Å²) in [6.45, 7) is 3.29. The molecule has 0 aliphatic carbocycles. The molecular weight excluding hydrogens is 220 g/mol. The number of aliphatic hydroxyl groups excluding tert-OH is 4. The van der Waals surface area contributed by atoms with Crippen molar-refractivity contribution in [1.29, 1.82) is 0 Å². The van der Waals surface area contributed by atoms with Crippen molar-refractivity contribution in [2.24, 2.45) is 0 Å². The Hall–Kier alpha value is 0.150. The van der Waals surface area contributed by atoms with Crippen molar-refractivity contribution in [2.75, 3.05) is 6.61 Å². The molecule has 15 heavy (non-hydrogen) atoms. The monoisotopic (exact) mass is 238 g/mol. The predicted octanol–water partition coefficient (Wildman–Crippen LogP) is -1.07. The molecule has 1 saturated heterocycles. The second-order valence-electron chi connectivity index (χ2n) is 3.88. The van der Waals surface area contributed by atoms with Crippen LogP contribution >= 0.6 is 11.8 Å². The van der Waals surface area contributed by atoms with Gasteiger partial charge in [-0.1, -0.05) is 0 Å². The molecule has 1 heterocycles. The van der Waals surface area contributed by atoms with Crippen LogP contribution in [0, 0.1) is 0 Å². The van der Waals surface area contributed by atoms with Gasteiger partial charge in [-0.25, -0.2) is 0 Å². The van der Waals surface area contributed by atoms with Crippen molar-refractivity contribution in [3.8, 4) is 0 Å².